The van der Waals surface area contributed by atoms with Gasteiger partial charge in [0.05, 0.1) is 4.90 Å². The van der Waals surface area contributed by atoms with E-state index in [-0.39, 0.29) is 23.3 Å². The number of hydrogen-bond acceptors (Lipinski definition) is 2. The average molecular weight is 452 g/mol. The predicted octanol–water partition coefficient (Wildman–Crippen LogP) is 6.00. The number of nitrogens with one attached hydrogen (secondary N) is 1. The molecule has 0 fully saturated rings. The largest absolute Gasteiger partial charge is 0.240 e. The lowest BCUT2D eigenvalue weighted by Gasteiger charge is -2.25. The van der Waals surface area contributed by atoms with Crippen molar-refractivity contribution in [3.8, 4) is 0 Å². The number of sulfonamides is 1. The second-order valence-electron chi connectivity index (χ2n) is 6.80. The summed E-state index contributed by atoms with van der Waals surface area (Å²) in [5.74, 6) is -0.632. The van der Waals surface area contributed by atoms with Crippen molar-refractivity contribution in [2.45, 2.75) is 23.7 Å². The van der Waals surface area contributed by atoms with Gasteiger partial charge in [0.2, 0.25) is 10.0 Å². The molecule has 0 heterocycles. The maximum absolute atomic E-state index is 13.1. The van der Waals surface area contributed by atoms with Gasteiger partial charge < -0.3 is 0 Å². The van der Waals surface area contributed by atoms with Crippen LogP contribution in [-0.4, -0.2) is 15.0 Å². The zero-order valence-electron chi connectivity index (χ0n) is 15.6. The van der Waals surface area contributed by atoms with Crippen LogP contribution in [0.25, 0.3) is 0 Å². The monoisotopic (exact) mass is 451 g/mol. The Kier molecular flexibility index (Phi) is 6.96. The predicted molar refractivity (Wildman–Crippen MR) is 116 cm³/mol. The highest BCUT2D eigenvalue weighted by Crippen LogP contribution is 2.33. The topological polar surface area (TPSA) is 46.2 Å². The molecular weight excluding hydrogens is 432 g/mol. The molecule has 0 amide bonds. The second-order valence-corrected chi connectivity index (χ2v) is 9.44. The summed E-state index contributed by atoms with van der Waals surface area (Å²) in [4.78, 5) is 0.0212. The number of rotatable bonds is 7. The molecule has 29 heavy (non-hydrogen) atoms. The Labute approximate surface area is 180 Å². The van der Waals surface area contributed by atoms with Gasteiger partial charge in [-0.2, -0.15) is 0 Å². The Bertz CT molecular complexity index is 1050. The average Bonchev–Trinajstić information content (AvgIpc) is 2.70. The second kappa shape index (κ2) is 9.26. The van der Waals surface area contributed by atoms with E-state index in [2.05, 4.69) is 4.72 Å². The van der Waals surface area contributed by atoms with Gasteiger partial charge >= 0.3 is 0 Å². The summed E-state index contributed by atoms with van der Waals surface area (Å²) < 4.78 is 41.1. The van der Waals surface area contributed by atoms with Gasteiger partial charge in [0.15, 0.2) is 0 Å². The van der Waals surface area contributed by atoms with E-state index in [9.17, 15) is 12.8 Å². The van der Waals surface area contributed by atoms with Crippen LogP contribution >= 0.6 is 23.2 Å². The molecule has 152 valence electrons. The molecule has 2 atom stereocenters. The SMILES string of the molecule is CC(c1ccc(Cl)cc1)C(CNS(=O)(=O)c1ccc(F)cc1)c1ccc(Cl)cc1. The quantitative estimate of drug-likeness (QED) is 0.478. The summed E-state index contributed by atoms with van der Waals surface area (Å²) in [5, 5.41) is 1.25. The molecule has 0 radical (unpaired) electrons. The van der Waals surface area contributed by atoms with Gasteiger partial charge in [-0.1, -0.05) is 54.4 Å². The minimum absolute atomic E-state index is 0.00404. The third kappa shape index (κ3) is 5.58. The number of benzene rings is 3. The molecule has 0 saturated carbocycles. The van der Waals surface area contributed by atoms with Gasteiger partial charge in [-0.05, 0) is 65.6 Å². The first kappa shape index (κ1) is 21.8. The van der Waals surface area contributed by atoms with Gasteiger partial charge in [0.1, 0.15) is 5.82 Å². The zero-order chi connectivity index (χ0) is 21.0. The molecule has 2 unspecified atom stereocenters. The molecule has 3 aromatic rings. The molecule has 3 rings (SSSR count). The Hall–Kier alpha value is -1.92. The summed E-state index contributed by atoms with van der Waals surface area (Å²) in [5.41, 5.74) is 1.99. The molecule has 1 N–H and O–H groups in total. The molecule has 3 aromatic carbocycles. The molecule has 0 bridgehead atoms. The molecular formula is C22H20Cl2FNO2S. The Morgan fingerprint density at radius 3 is 1.83 bits per heavy atom. The first-order valence-corrected chi connectivity index (χ1v) is 11.3. The van der Waals surface area contributed by atoms with Crippen molar-refractivity contribution >= 4 is 33.2 Å². The van der Waals surface area contributed by atoms with Gasteiger partial charge in [-0.25, -0.2) is 17.5 Å². The molecule has 0 aliphatic heterocycles. The highest BCUT2D eigenvalue weighted by Gasteiger charge is 2.24. The molecule has 0 aromatic heterocycles. The first-order chi connectivity index (χ1) is 13.8. The van der Waals surface area contributed by atoms with Crippen molar-refractivity contribution in [3.05, 3.63) is 99.8 Å². The van der Waals surface area contributed by atoms with Crippen LogP contribution in [0.5, 0.6) is 0 Å². The van der Waals surface area contributed by atoms with Gasteiger partial charge in [0.25, 0.3) is 0 Å². The third-order valence-electron chi connectivity index (χ3n) is 4.91. The summed E-state index contributed by atoms with van der Waals surface area (Å²) in [7, 11) is -3.77. The summed E-state index contributed by atoms with van der Waals surface area (Å²) in [6.45, 7) is 2.21. The van der Waals surface area contributed by atoms with E-state index in [0.29, 0.717) is 10.0 Å². The molecule has 7 heteroatoms. The normalized spacial score (nSPS) is 13.8. The van der Waals surface area contributed by atoms with Gasteiger partial charge in [-0.3, -0.25) is 0 Å². The van der Waals surface area contributed by atoms with Crippen molar-refractivity contribution in [2.24, 2.45) is 0 Å². The standard InChI is InChI=1S/C22H20Cl2FNO2S/c1-15(16-2-6-18(23)7-3-16)22(17-4-8-19(24)9-5-17)14-26-29(27,28)21-12-10-20(25)11-13-21/h2-13,15,22,26H,14H2,1H3. The van der Waals surface area contributed by atoms with Crippen molar-refractivity contribution in [3.63, 3.8) is 0 Å². The maximum Gasteiger partial charge on any atom is 0.240 e. The lowest BCUT2D eigenvalue weighted by molar-refractivity contribution is 0.539. The van der Waals surface area contributed by atoms with E-state index >= 15 is 0 Å². The van der Waals surface area contributed by atoms with E-state index in [1.165, 1.54) is 12.1 Å². The molecule has 3 nitrogen and oxygen atoms in total. The highest BCUT2D eigenvalue weighted by atomic mass is 35.5. The zero-order valence-corrected chi connectivity index (χ0v) is 18.0. The van der Waals surface area contributed by atoms with Crippen LogP contribution in [0.15, 0.2) is 77.7 Å². The lowest BCUT2D eigenvalue weighted by Crippen LogP contribution is -2.30. The van der Waals surface area contributed by atoms with Crippen LogP contribution < -0.4 is 4.72 Å². The van der Waals surface area contributed by atoms with Crippen LogP contribution in [-0.2, 0) is 10.0 Å². The van der Waals surface area contributed by atoms with Crippen LogP contribution in [0, 0.1) is 5.82 Å². The van der Waals surface area contributed by atoms with Gasteiger partial charge in [-0.15, -0.1) is 0 Å². The number of hydrogen-bond donors (Lipinski definition) is 1. The van der Waals surface area contributed by atoms with Crippen LogP contribution in [0.4, 0.5) is 4.39 Å². The van der Waals surface area contributed by atoms with E-state index in [4.69, 9.17) is 23.2 Å². The van der Waals surface area contributed by atoms with E-state index in [1.807, 2.05) is 43.3 Å². The summed E-state index contributed by atoms with van der Waals surface area (Å²) in [6.07, 6.45) is 0. The van der Waals surface area contributed by atoms with Crippen LogP contribution in [0.1, 0.15) is 29.9 Å². The first-order valence-electron chi connectivity index (χ1n) is 9.02. The number of halogens is 3. The third-order valence-corrected chi connectivity index (χ3v) is 6.86. The van der Waals surface area contributed by atoms with Crippen LogP contribution in [0.3, 0.4) is 0 Å². The minimum Gasteiger partial charge on any atom is -0.211 e. The fraction of sp³-hybridized carbons (Fsp3) is 0.182. The van der Waals surface area contributed by atoms with E-state index < -0.39 is 15.8 Å². The molecule has 0 aliphatic carbocycles. The molecule has 0 aliphatic rings. The van der Waals surface area contributed by atoms with Crippen molar-refractivity contribution in [1.29, 1.82) is 0 Å². The summed E-state index contributed by atoms with van der Waals surface area (Å²) in [6, 6.07) is 19.6. The Morgan fingerprint density at radius 1 is 0.828 bits per heavy atom. The highest BCUT2D eigenvalue weighted by molar-refractivity contribution is 7.89. The van der Waals surface area contributed by atoms with Crippen molar-refractivity contribution in [2.75, 3.05) is 6.54 Å². The fourth-order valence-corrected chi connectivity index (χ4v) is 4.50. The smallest absolute Gasteiger partial charge is 0.211 e. The van der Waals surface area contributed by atoms with Crippen LogP contribution in [0.2, 0.25) is 10.0 Å². The molecule has 0 spiro atoms. The minimum atomic E-state index is -3.77. The Morgan fingerprint density at radius 2 is 1.31 bits per heavy atom. The fourth-order valence-electron chi connectivity index (χ4n) is 3.19. The van der Waals surface area contributed by atoms with E-state index in [0.717, 1.165) is 23.3 Å². The molecule has 0 saturated heterocycles. The lowest BCUT2D eigenvalue weighted by atomic mass is 9.83. The van der Waals surface area contributed by atoms with E-state index in [1.54, 1.807) is 12.1 Å². The summed E-state index contributed by atoms with van der Waals surface area (Å²) >= 11 is 12.0. The Balaban J connectivity index is 1.87. The van der Waals surface area contributed by atoms with Crippen molar-refractivity contribution in [1.82, 2.24) is 4.72 Å². The maximum atomic E-state index is 13.1. The van der Waals surface area contributed by atoms with Gasteiger partial charge in [0, 0.05) is 22.5 Å². The van der Waals surface area contributed by atoms with Crippen molar-refractivity contribution < 1.29 is 12.8 Å².